The number of rotatable bonds is 4. The van der Waals surface area contributed by atoms with Crippen molar-refractivity contribution in [1.29, 1.82) is 0 Å². The lowest BCUT2D eigenvalue weighted by Gasteiger charge is -2.23. The zero-order valence-electron chi connectivity index (χ0n) is 9.90. The Morgan fingerprint density at radius 2 is 1.56 bits per heavy atom. The van der Waals surface area contributed by atoms with Crippen LogP contribution in [0.2, 0.25) is 0 Å². The summed E-state index contributed by atoms with van der Waals surface area (Å²) in [5, 5.41) is 9.73. The Morgan fingerprint density at radius 3 is 1.88 bits per heavy atom. The van der Waals surface area contributed by atoms with Gasteiger partial charge in [0.1, 0.15) is 5.60 Å². The summed E-state index contributed by atoms with van der Waals surface area (Å²) >= 11 is 0. The molecule has 0 amide bonds. The van der Waals surface area contributed by atoms with Crippen LogP contribution in [0.4, 0.5) is 0 Å². The van der Waals surface area contributed by atoms with Crippen LogP contribution in [0.3, 0.4) is 0 Å². The van der Waals surface area contributed by atoms with Gasteiger partial charge in [0.05, 0.1) is 14.2 Å². The fraction of sp³-hybridized carbons (Fsp3) is 0.455. The maximum Gasteiger partial charge on any atom is 0.200 e. The van der Waals surface area contributed by atoms with Crippen molar-refractivity contribution in [2.24, 2.45) is 5.90 Å². The summed E-state index contributed by atoms with van der Waals surface area (Å²) in [6.45, 7) is 3.61. The predicted octanol–water partition coefficient (Wildman–Crippen LogP) is 1.53. The summed E-state index contributed by atoms with van der Waals surface area (Å²) < 4.78 is 10.1. The second kappa shape index (κ2) is 4.59. The van der Waals surface area contributed by atoms with E-state index in [1.165, 1.54) is 14.2 Å². The van der Waals surface area contributed by atoms with Gasteiger partial charge in [-0.15, -0.1) is 0 Å². The van der Waals surface area contributed by atoms with Crippen LogP contribution in [0, 0.1) is 0 Å². The monoisotopic (exact) mass is 227 g/mol. The molecule has 0 unspecified atom stereocenters. The maximum absolute atomic E-state index is 9.73. The standard InChI is InChI=1S/C11H17NO4/c1-11(2,16-12)7-5-8(14-3)10(13)9(6-7)15-4/h5-6,13H,12H2,1-4H3. The first kappa shape index (κ1) is 12.6. The van der Waals surface area contributed by atoms with Gasteiger partial charge in [-0.2, -0.15) is 0 Å². The average molecular weight is 227 g/mol. The Morgan fingerprint density at radius 1 is 1.12 bits per heavy atom. The molecule has 0 radical (unpaired) electrons. The van der Waals surface area contributed by atoms with Gasteiger partial charge in [0, 0.05) is 0 Å². The molecule has 0 atom stereocenters. The Bertz CT molecular complexity index is 351. The van der Waals surface area contributed by atoms with Crippen LogP contribution in [0.15, 0.2) is 12.1 Å². The molecule has 0 aliphatic heterocycles. The summed E-state index contributed by atoms with van der Waals surface area (Å²) in [6.07, 6.45) is 0. The van der Waals surface area contributed by atoms with Crippen LogP contribution in [0.5, 0.6) is 17.2 Å². The molecule has 1 aromatic rings. The molecule has 5 nitrogen and oxygen atoms in total. The second-order valence-electron chi connectivity index (χ2n) is 3.86. The molecule has 0 saturated carbocycles. The number of hydrogen-bond acceptors (Lipinski definition) is 5. The van der Waals surface area contributed by atoms with Crippen LogP contribution >= 0.6 is 0 Å². The zero-order valence-corrected chi connectivity index (χ0v) is 9.90. The molecule has 1 rings (SSSR count). The Labute approximate surface area is 94.7 Å². The van der Waals surface area contributed by atoms with Crippen molar-refractivity contribution in [2.75, 3.05) is 14.2 Å². The summed E-state index contributed by atoms with van der Waals surface area (Å²) in [6, 6.07) is 3.31. The lowest BCUT2D eigenvalue weighted by Crippen LogP contribution is -2.25. The average Bonchev–Trinajstić information content (AvgIpc) is 2.29. The first-order chi connectivity index (χ1) is 7.46. The minimum absolute atomic E-state index is 0.0402. The second-order valence-corrected chi connectivity index (χ2v) is 3.86. The number of phenols is 1. The summed E-state index contributed by atoms with van der Waals surface area (Å²) in [4.78, 5) is 4.87. The quantitative estimate of drug-likeness (QED) is 0.763. The van der Waals surface area contributed by atoms with Crippen molar-refractivity contribution >= 4 is 0 Å². The van der Waals surface area contributed by atoms with Gasteiger partial charge in [-0.3, -0.25) is 4.84 Å². The van der Waals surface area contributed by atoms with Gasteiger partial charge in [0.2, 0.25) is 5.75 Å². The fourth-order valence-electron chi connectivity index (χ4n) is 1.31. The van der Waals surface area contributed by atoms with Crippen molar-refractivity contribution in [3.63, 3.8) is 0 Å². The maximum atomic E-state index is 9.73. The highest BCUT2D eigenvalue weighted by Gasteiger charge is 2.24. The largest absolute Gasteiger partial charge is 0.502 e. The van der Waals surface area contributed by atoms with E-state index in [-0.39, 0.29) is 5.75 Å². The highest BCUT2D eigenvalue weighted by atomic mass is 16.6. The summed E-state index contributed by atoms with van der Waals surface area (Å²) in [5.74, 6) is 5.81. The van der Waals surface area contributed by atoms with Crippen molar-refractivity contribution in [3.05, 3.63) is 17.7 Å². The molecular formula is C11H17NO4. The van der Waals surface area contributed by atoms with Gasteiger partial charge in [-0.25, -0.2) is 5.90 Å². The molecule has 0 aliphatic rings. The van der Waals surface area contributed by atoms with E-state index in [1.807, 2.05) is 0 Å². The van der Waals surface area contributed by atoms with Crippen molar-refractivity contribution in [2.45, 2.75) is 19.4 Å². The third-order valence-corrected chi connectivity index (χ3v) is 2.47. The fourth-order valence-corrected chi connectivity index (χ4v) is 1.31. The zero-order chi connectivity index (χ0) is 12.3. The molecule has 0 aliphatic carbocycles. The molecule has 1 aromatic carbocycles. The van der Waals surface area contributed by atoms with E-state index in [0.717, 1.165) is 5.56 Å². The first-order valence-electron chi connectivity index (χ1n) is 4.79. The molecule has 16 heavy (non-hydrogen) atoms. The Hall–Kier alpha value is -1.46. The molecule has 0 bridgehead atoms. The highest BCUT2D eigenvalue weighted by Crippen LogP contribution is 2.40. The molecule has 0 spiro atoms. The highest BCUT2D eigenvalue weighted by molar-refractivity contribution is 5.53. The van der Waals surface area contributed by atoms with Crippen molar-refractivity contribution < 1.29 is 19.4 Å². The van der Waals surface area contributed by atoms with E-state index in [0.29, 0.717) is 11.5 Å². The minimum Gasteiger partial charge on any atom is -0.502 e. The molecule has 5 heteroatoms. The van der Waals surface area contributed by atoms with E-state index in [2.05, 4.69) is 0 Å². The molecule has 90 valence electrons. The third-order valence-electron chi connectivity index (χ3n) is 2.47. The van der Waals surface area contributed by atoms with E-state index in [1.54, 1.807) is 26.0 Å². The van der Waals surface area contributed by atoms with Crippen LogP contribution in [0.25, 0.3) is 0 Å². The predicted molar refractivity (Wildman–Crippen MR) is 59.5 cm³/mol. The molecule has 0 heterocycles. The number of benzene rings is 1. The third kappa shape index (κ3) is 2.20. The number of hydrogen-bond donors (Lipinski definition) is 2. The summed E-state index contributed by atoms with van der Waals surface area (Å²) in [7, 11) is 2.93. The van der Waals surface area contributed by atoms with Crippen LogP contribution in [0.1, 0.15) is 19.4 Å². The van der Waals surface area contributed by atoms with Crippen LogP contribution in [-0.2, 0) is 10.4 Å². The SMILES string of the molecule is COc1cc(C(C)(C)ON)cc(OC)c1O. The molecule has 0 fully saturated rings. The van der Waals surface area contributed by atoms with Gasteiger partial charge in [-0.05, 0) is 31.5 Å². The van der Waals surface area contributed by atoms with Gasteiger partial charge < -0.3 is 14.6 Å². The Kier molecular flexibility index (Phi) is 3.62. The Balaban J connectivity index is 3.32. The van der Waals surface area contributed by atoms with Crippen LogP contribution < -0.4 is 15.4 Å². The van der Waals surface area contributed by atoms with Gasteiger partial charge in [0.15, 0.2) is 11.5 Å². The van der Waals surface area contributed by atoms with Gasteiger partial charge in [-0.1, -0.05) is 0 Å². The van der Waals surface area contributed by atoms with E-state index < -0.39 is 5.60 Å². The van der Waals surface area contributed by atoms with Gasteiger partial charge in [0.25, 0.3) is 0 Å². The minimum atomic E-state index is -0.686. The van der Waals surface area contributed by atoms with Gasteiger partial charge >= 0.3 is 0 Å². The molecule has 3 N–H and O–H groups in total. The molecule has 0 saturated heterocycles. The molecular weight excluding hydrogens is 210 g/mol. The number of methoxy groups -OCH3 is 2. The number of aromatic hydroxyl groups is 1. The number of phenolic OH excluding ortho intramolecular Hbond substituents is 1. The smallest absolute Gasteiger partial charge is 0.200 e. The van der Waals surface area contributed by atoms with Crippen molar-refractivity contribution in [1.82, 2.24) is 0 Å². The topological polar surface area (TPSA) is 73.9 Å². The first-order valence-corrected chi connectivity index (χ1v) is 4.79. The molecule has 0 aromatic heterocycles. The van der Waals surface area contributed by atoms with E-state index in [9.17, 15) is 5.11 Å². The number of ether oxygens (including phenoxy) is 2. The normalized spacial score (nSPS) is 11.3. The number of nitrogens with two attached hydrogens (primary N) is 1. The summed E-state index contributed by atoms with van der Waals surface area (Å²) in [5.41, 5.74) is 0.0651. The van der Waals surface area contributed by atoms with Crippen molar-refractivity contribution in [3.8, 4) is 17.2 Å². The van der Waals surface area contributed by atoms with E-state index in [4.69, 9.17) is 20.2 Å². The van der Waals surface area contributed by atoms with Crippen LogP contribution in [-0.4, -0.2) is 19.3 Å². The lowest BCUT2D eigenvalue weighted by molar-refractivity contribution is -0.0239. The lowest BCUT2D eigenvalue weighted by atomic mass is 9.97. The van der Waals surface area contributed by atoms with E-state index >= 15 is 0 Å².